The van der Waals surface area contributed by atoms with Crippen LogP contribution in [0, 0.1) is 12.8 Å². The number of nitrogens with zero attached hydrogens (tertiary/aromatic N) is 2. The van der Waals surface area contributed by atoms with Gasteiger partial charge in [-0.1, -0.05) is 19.4 Å². The lowest BCUT2D eigenvalue weighted by molar-refractivity contribution is 0.568. The molecule has 1 atom stereocenters. The van der Waals surface area contributed by atoms with Crippen molar-refractivity contribution in [2.45, 2.75) is 33.1 Å². The van der Waals surface area contributed by atoms with E-state index in [1.165, 1.54) is 36.3 Å². The highest BCUT2D eigenvalue weighted by atomic mass is 15.2. The molecule has 3 heteroatoms. The maximum Gasteiger partial charge on any atom is 0.131 e. The predicted molar refractivity (Wildman–Crippen MR) is 72.3 cm³/mol. The third-order valence-corrected chi connectivity index (χ3v) is 3.70. The van der Waals surface area contributed by atoms with Crippen molar-refractivity contribution in [2.75, 3.05) is 24.5 Å². The summed E-state index contributed by atoms with van der Waals surface area (Å²) in [5.41, 5.74) is 8.10. The monoisotopic (exact) mass is 233 g/mol. The van der Waals surface area contributed by atoms with Crippen LogP contribution < -0.4 is 10.6 Å². The lowest BCUT2D eigenvalue weighted by Crippen LogP contribution is -2.21. The Bertz CT molecular complexity index is 376. The fraction of sp³-hybridized carbons (Fsp3) is 0.643. The standard InChI is InChI=1S/C14H23N3/c1-3-12-5-7-17(10-12)14-11(2)8-13(4-6-15)9-16-14/h8-9,12H,3-7,10,15H2,1-2H3. The van der Waals surface area contributed by atoms with Gasteiger partial charge in [-0.3, -0.25) is 0 Å². The molecule has 0 amide bonds. The predicted octanol–water partition coefficient (Wildman–Crippen LogP) is 2.13. The van der Waals surface area contributed by atoms with Crippen LogP contribution in [0.2, 0.25) is 0 Å². The van der Waals surface area contributed by atoms with Crippen LogP contribution in [-0.4, -0.2) is 24.6 Å². The first-order chi connectivity index (χ1) is 8.24. The Morgan fingerprint density at radius 2 is 2.35 bits per heavy atom. The zero-order chi connectivity index (χ0) is 12.3. The van der Waals surface area contributed by atoms with Crippen LogP contribution in [0.25, 0.3) is 0 Å². The van der Waals surface area contributed by atoms with Gasteiger partial charge in [0.05, 0.1) is 0 Å². The fourth-order valence-electron chi connectivity index (χ4n) is 2.62. The second kappa shape index (κ2) is 5.50. The molecular weight excluding hydrogens is 210 g/mol. The van der Waals surface area contributed by atoms with E-state index in [9.17, 15) is 0 Å². The lowest BCUT2D eigenvalue weighted by atomic mass is 10.1. The van der Waals surface area contributed by atoms with Crippen molar-refractivity contribution in [1.29, 1.82) is 0 Å². The molecule has 1 saturated heterocycles. The van der Waals surface area contributed by atoms with Gasteiger partial charge in [0.2, 0.25) is 0 Å². The quantitative estimate of drug-likeness (QED) is 0.866. The topological polar surface area (TPSA) is 42.2 Å². The van der Waals surface area contributed by atoms with Gasteiger partial charge in [0, 0.05) is 19.3 Å². The van der Waals surface area contributed by atoms with Gasteiger partial charge >= 0.3 is 0 Å². The van der Waals surface area contributed by atoms with Crippen molar-refractivity contribution in [3.8, 4) is 0 Å². The average Bonchev–Trinajstić information content (AvgIpc) is 2.78. The van der Waals surface area contributed by atoms with Crippen LogP contribution in [0.3, 0.4) is 0 Å². The minimum Gasteiger partial charge on any atom is -0.356 e. The van der Waals surface area contributed by atoms with Crippen molar-refractivity contribution >= 4 is 5.82 Å². The molecule has 94 valence electrons. The number of aromatic nitrogens is 1. The van der Waals surface area contributed by atoms with Crippen molar-refractivity contribution < 1.29 is 0 Å². The molecule has 0 bridgehead atoms. The highest BCUT2D eigenvalue weighted by Gasteiger charge is 2.22. The molecule has 0 aromatic carbocycles. The summed E-state index contributed by atoms with van der Waals surface area (Å²) in [5, 5.41) is 0. The van der Waals surface area contributed by atoms with Crippen molar-refractivity contribution in [2.24, 2.45) is 11.7 Å². The second-order valence-electron chi connectivity index (χ2n) is 5.03. The van der Waals surface area contributed by atoms with Crippen LogP contribution in [0.4, 0.5) is 5.82 Å². The van der Waals surface area contributed by atoms with Gasteiger partial charge < -0.3 is 10.6 Å². The number of rotatable bonds is 4. The van der Waals surface area contributed by atoms with Crippen molar-refractivity contribution in [3.63, 3.8) is 0 Å². The molecule has 0 spiro atoms. The first kappa shape index (κ1) is 12.4. The Labute approximate surface area is 104 Å². The molecule has 0 radical (unpaired) electrons. The zero-order valence-electron chi connectivity index (χ0n) is 10.9. The van der Waals surface area contributed by atoms with Gasteiger partial charge in [0.15, 0.2) is 0 Å². The highest BCUT2D eigenvalue weighted by Crippen LogP contribution is 2.26. The molecule has 1 aliphatic rings. The number of hydrogen-bond acceptors (Lipinski definition) is 3. The SMILES string of the molecule is CCC1CCN(c2ncc(CCN)cc2C)C1. The summed E-state index contributed by atoms with van der Waals surface area (Å²) in [4.78, 5) is 7.04. The first-order valence-corrected chi connectivity index (χ1v) is 6.65. The second-order valence-corrected chi connectivity index (χ2v) is 5.03. The molecule has 3 nitrogen and oxygen atoms in total. The Hall–Kier alpha value is -1.09. The minimum atomic E-state index is 0.697. The Morgan fingerprint density at radius 1 is 1.53 bits per heavy atom. The van der Waals surface area contributed by atoms with Gasteiger partial charge in [-0.05, 0) is 43.4 Å². The molecule has 2 heterocycles. The number of aryl methyl sites for hydroxylation is 1. The van der Waals surface area contributed by atoms with E-state index in [0.717, 1.165) is 18.9 Å². The summed E-state index contributed by atoms with van der Waals surface area (Å²) in [7, 11) is 0. The van der Waals surface area contributed by atoms with Gasteiger partial charge in [-0.15, -0.1) is 0 Å². The Kier molecular flexibility index (Phi) is 4.00. The van der Waals surface area contributed by atoms with E-state index in [0.29, 0.717) is 6.54 Å². The normalized spacial score (nSPS) is 19.9. The summed E-state index contributed by atoms with van der Waals surface area (Å²) < 4.78 is 0. The van der Waals surface area contributed by atoms with Crippen molar-refractivity contribution in [3.05, 3.63) is 23.4 Å². The Morgan fingerprint density at radius 3 is 2.94 bits per heavy atom. The number of hydrogen-bond donors (Lipinski definition) is 1. The van der Waals surface area contributed by atoms with Gasteiger partial charge in [0.25, 0.3) is 0 Å². The van der Waals surface area contributed by atoms with E-state index in [1.54, 1.807) is 0 Å². The summed E-state index contributed by atoms with van der Waals surface area (Å²) in [6, 6.07) is 2.23. The molecule has 17 heavy (non-hydrogen) atoms. The molecule has 1 aromatic rings. The van der Waals surface area contributed by atoms with Gasteiger partial charge in [0.1, 0.15) is 5.82 Å². The maximum atomic E-state index is 5.57. The molecule has 1 fully saturated rings. The van der Waals surface area contributed by atoms with Crippen LogP contribution >= 0.6 is 0 Å². The van der Waals surface area contributed by atoms with E-state index in [-0.39, 0.29) is 0 Å². The summed E-state index contributed by atoms with van der Waals surface area (Å²) in [6.45, 7) is 7.45. The van der Waals surface area contributed by atoms with E-state index in [4.69, 9.17) is 5.73 Å². The fourth-order valence-corrected chi connectivity index (χ4v) is 2.62. The number of nitrogens with two attached hydrogens (primary N) is 1. The summed E-state index contributed by atoms with van der Waals surface area (Å²) in [6.07, 6.45) is 5.49. The minimum absolute atomic E-state index is 0.697. The molecular formula is C14H23N3. The van der Waals surface area contributed by atoms with E-state index in [1.807, 2.05) is 6.20 Å². The smallest absolute Gasteiger partial charge is 0.131 e. The zero-order valence-corrected chi connectivity index (χ0v) is 10.9. The number of anilines is 1. The Balaban J connectivity index is 2.11. The van der Waals surface area contributed by atoms with Gasteiger partial charge in [-0.2, -0.15) is 0 Å². The molecule has 1 aliphatic heterocycles. The summed E-state index contributed by atoms with van der Waals surface area (Å²) >= 11 is 0. The highest BCUT2D eigenvalue weighted by molar-refractivity contribution is 5.48. The third kappa shape index (κ3) is 2.78. The maximum absolute atomic E-state index is 5.57. The molecule has 1 aromatic heterocycles. The summed E-state index contributed by atoms with van der Waals surface area (Å²) in [5.74, 6) is 2.02. The molecule has 2 N–H and O–H groups in total. The third-order valence-electron chi connectivity index (χ3n) is 3.70. The van der Waals surface area contributed by atoms with Crippen LogP contribution in [0.1, 0.15) is 30.9 Å². The molecule has 0 saturated carbocycles. The largest absolute Gasteiger partial charge is 0.356 e. The van der Waals surface area contributed by atoms with Gasteiger partial charge in [-0.25, -0.2) is 4.98 Å². The average molecular weight is 233 g/mol. The van der Waals surface area contributed by atoms with Crippen LogP contribution in [0.15, 0.2) is 12.3 Å². The van der Waals surface area contributed by atoms with Crippen LogP contribution in [0.5, 0.6) is 0 Å². The van der Waals surface area contributed by atoms with E-state index >= 15 is 0 Å². The lowest BCUT2D eigenvalue weighted by Gasteiger charge is -2.20. The van der Waals surface area contributed by atoms with Crippen LogP contribution in [-0.2, 0) is 6.42 Å². The molecule has 0 aliphatic carbocycles. The van der Waals surface area contributed by atoms with E-state index in [2.05, 4.69) is 29.8 Å². The molecule has 1 unspecified atom stereocenters. The van der Waals surface area contributed by atoms with Crippen molar-refractivity contribution in [1.82, 2.24) is 4.98 Å². The number of pyridine rings is 1. The molecule has 2 rings (SSSR count). The first-order valence-electron chi connectivity index (χ1n) is 6.65. The van der Waals surface area contributed by atoms with E-state index < -0.39 is 0 Å².